The topological polar surface area (TPSA) is 77.8 Å². The number of hydrogen-bond donors (Lipinski definition) is 1. The van der Waals surface area contributed by atoms with Gasteiger partial charge in [0.2, 0.25) is 0 Å². The van der Waals surface area contributed by atoms with Crippen molar-refractivity contribution in [3.05, 3.63) is 64.0 Å². The van der Waals surface area contributed by atoms with Crippen molar-refractivity contribution in [3.63, 3.8) is 0 Å². The summed E-state index contributed by atoms with van der Waals surface area (Å²) in [5.74, 6) is -0.855. The normalized spacial score (nSPS) is 11.6. The number of nitrogens with one attached hydrogen (secondary N) is 1. The Morgan fingerprint density at radius 1 is 1.10 bits per heavy atom. The monoisotopic (exact) mass is 421 g/mol. The van der Waals surface area contributed by atoms with Crippen LogP contribution in [0, 0.1) is 6.92 Å². The van der Waals surface area contributed by atoms with Crippen molar-refractivity contribution in [1.82, 2.24) is 0 Å². The van der Waals surface area contributed by atoms with Gasteiger partial charge in [-0.2, -0.15) is 0 Å². The van der Waals surface area contributed by atoms with Crippen LogP contribution in [-0.2, 0) is 0 Å². The SMILES string of the molecule is Cc1cc(=O)oc2c(C(=O)Nc3ccc(OC(F)(F)F)cc3)c(OC(C)C)ccc12. The van der Waals surface area contributed by atoms with Crippen molar-refractivity contribution >= 4 is 22.6 Å². The molecule has 1 aromatic heterocycles. The zero-order valence-corrected chi connectivity index (χ0v) is 16.3. The molecule has 1 heterocycles. The number of amides is 1. The van der Waals surface area contributed by atoms with Gasteiger partial charge in [0.1, 0.15) is 17.1 Å². The number of aryl methyl sites for hydroxylation is 1. The van der Waals surface area contributed by atoms with E-state index < -0.39 is 23.6 Å². The molecule has 0 unspecified atom stereocenters. The smallest absolute Gasteiger partial charge is 0.490 e. The van der Waals surface area contributed by atoms with Crippen LogP contribution in [0.15, 0.2) is 51.7 Å². The summed E-state index contributed by atoms with van der Waals surface area (Å²) in [6.45, 7) is 5.26. The second-order valence-corrected chi connectivity index (χ2v) is 6.76. The van der Waals surface area contributed by atoms with E-state index in [1.165, 1.54) is 18.2 Å². The van der Waals surface area contributed by atoms with Gasteiger partial charge in [-0.1, -0.05) is 0 Å². The van der Waals surface area contributed by atoms with Gasteiger partial charge in [-0.3, -0.25) is 4.79 Å². The highest BCUT2D eigenvalue weighted by Crippen LogP contribution is 2.31. The van der Waals surface area contributed by atoms with E-state index in [2.05, 4.69) is 10.1 Å². The minimum Gasteiger partial charge on any atom is -0.490 e. The van der Waals surface area contributed by atoms with Crippen molar-refractivity contribution in [3.8, 4) is 11.5 Å². The molecule has 0 aliphatic heterocycles. The van der Waals surface area contributed by atoms with E-state index in [-0.39, 0.29) is 28.7 Å². The lowest BCUT2D eigenvalue weighted by Crippen LogP contribution is -2.18. The quantitative estimate of drug-likeness (QED) is 0.584. The molecule has 2 aromatic carbocycles. The van der Waals surface area contributed by atoms with Crippen LogP contribution in [0.4, 0.5) is 18.9 Å². The second-order valence-electron chi connectivity index (χ2n) is 6.76. The number of rotatable bonds is 5. The highest BCUT2D eigenvalue weighted by Gasteiger charge is 2.31. The molecule has 158 valence electrons. The minimum atomic E-state index is -4.81. The standard InChI is InChI=1S/C21H18F3NO5/c1-11(2)28-16-9-8-15-12(3)10-17(26)29-19(15)18(16)20(27)25-13-4-6-14(7-5-13)30-21(22,23)24/h4-11H,1-3H3,(H,25,27). The molecule has 6 nitrogen and oxygen atoms in total. The summed E-state index contributed by atoms with van der Waals surface area (Å²) in [7, 11) is 0. The fourth-order valence-electron chi connectivity index (χ4n) is 2.87. The number of halogens is 3. The third-order valence-electron chi connectivity index (χ3n) is 4.02. The van der Waals surface area contributed by atoms with E-state index in [1.807, 2.05) is 0 Å². The van der Waals surface area contributed by atoms with E-state index in [4.69, 9.17) is 9.15 Å². The molecule has 0 saturated heterocycles. The number of alkyl halides is 3. The molecule has 1 amide bonds. The van der Waals surface area contributed by atoms with Crippen molar-refractivity contribution < 1.29 is 31.9 Å². The molecule has 0 saturated carbocycles. The molecule has 0 atom stereocenters. The summed E-state index contributed by atoms with van der Waals surface area (Å²) in [6.07, 6.45) is -5.07. The van der Waals surface area contributed by atoms with Gasteiger partial charge < -0.3 is 19.2 Å². The van der Waals surface area contributed by atoms with Gasteiger partial charge >= 0.3 is 12.0 Å². The molecule has 3 rings (SSSR count). The molecule has 0 fully saturated rings. The number of carbonyl (C=O) groups excluding carboxylic acids is 1. The lowest BCUT2D eigenvalue weighted by atomic mass is 10.1. The summed E-state index contributed by atoms with van der Waals surface area (Å²) in [6, 6.07) is 9.26. The highest BCUT2D eigenvalue weighted by atomic mass is 19.4. The first-order valence-corrected chi connectivity index (χ1v) is 8.95. The number of anilines is 1. The average molecular weight is 421 g/mol. The zero-order chi connectivity index (χ0) is 22.1. The Morgan fingerprint density at radius 2 is 1.77 bits per heavy atom. The van der Waals surface area contributed by atoms with Crippen LogP contribution in [0.5, 0.6) is 11.5 Å². The third kappa shape index (κ3) is 4.91. The number of ether oxygens (including phenoxy) is 2. The van der Waals surface area contributed by atoms with Crippen LogP contribution in [0.1, 0.15) is 29.8 Å². The van der Waals surface area contributed by atoms with Crippen LogP contribution >= 0.6 is 0 Å². The molecule has 30 heavy (non-hydrogen) atoms. The first-order chi connectivity index (χ1) is 14.0. The Labute approximate surface area is 169 Å². The highest BCUT2D eigenvalue weighted by molar-refractivity contribution is 6.13. The van der Waals surface area contributed by atoms with Crippen LogP contribution < -0.4 is 20.4 Å². The van der Waals surface area contributed by atoms with Gasteiger partial charge in [-0.15, -0.1) is 13.2 Å². The Balaban J connectivity index is 1.99. The molecule has 0 bridgehead atoms. The van der Waals surface area contributed by atoms with Gasteiger partial charge in [0.15, 0.2) is 5.58 Å². The minimum absolute atomic E-state index is 0.0117. The van der Waals surface area contributed by atoms with Crippen molar-refractivity contribution in [2.75, 3.05) is 5.32 Å². The van der Waals surface area contributed by atoms with Crippen LogP contribution in [0.2, 0.25) is 0 Å². The summed E-state index contributed by atoms with van der Waals surface area (Å²) in [4.78, 5) is 24.9. The Kier molecular flexibility index (Phi) is 5.73. The predicted molar refractivity (Wildman–Crippen MR) is 104 cm³/mol. The van der Waals surface area contributed by atoms with Crippen molar-refractivity contribution in [2.45, 2.75) is 33.2 Å². The lowest BCUT2D eigenvalue weighted by Gasteiger charge is -2.16. The largest absolute Gasteiger partial charge is 0.573 e. The van der Waals surface area contributed by atoms with Gasteiger partial charge in [-0.25, -0.2) is 4.79 Å². The van der Waals surface area contributed by atoms with E-state index in [9.17, 15) is 22.8 Å². The summed E-state index contributed by atoms with van der Waals surface area (Å²) >= 11 is 0. The molecule has 0 aliphatic rings. The Morgan fingerprint density at radius 3 is 2.37 bits per heavy atom. The number of hydrogen-bond acceptors (Lipinski definition) is 5. The van der Waals surface area contributed by atoms with Crippen LogP contribution in [-0.4, -0.2) is 18.4 Å². The predicted octanol–water partition coefficient (Wildman–Crippen LogP) is 5.04. The summed E-state index contributed by atoms with van der Waals surface area (Å²) < 4.78 is 51.7. The maximum absolute atomic E-state index is 13.0. The lowest BCUT2D eigenvalue weighted by molar-refractivity contribution is -0.274. The number of carbonyl (C=O) groups is 1. The van der Waals surface area contributed by atoms with E-state index in [1.54, 1.807) is 32.9 Å². The van der Waals surface area contributed by atoms with Gasteiger partial charge in [-0.05, 0) is 62.7 Å². The maximum Gasteiger partial charge on any atom is 0.573 e. The molecular weight excluding hydrogens is 403 g/mol. The fourth-order valence-corrected chi connectivity index (χ4v) is 2.87. The van der Waals surface area contributed by atoms with Crippen molar-refractivity contribution in [2.24, 2.45) is 0 Å². The van der Waals surface area contributed by atoms with E-state index in [0.717, 1.165) is 12.1 Å². The van der Waals surface area contributed by atoms with Gasteiger partial charge in [0.05, 0.1) is 6.10 Å². The van der Waals surface area contributed by atoms with Crippen LogP contribution in [0.25, 0.3) is 11.0 Å². The molecule has 1 N–H and O–H groups in total. The molecule has 0 aliphatic carbocycles. The Bertz CT molecular complexity index is 1130. The van der Waals surface area contributed by atoms with Gasteiger partial charge in [0, 0.05) is 17.1 Å². The van der Waals surface area contributed by atoms with Crippen LogP contribution in [0.3, 0.4) is 0 Å². The zero-order valence-electron chi connectivity index (χ0n) is 16.3. The maximum atomic E-state index is 13.0. The van der Waals surface area contributed by atoms with E-state index in [0.29, 0.717) is 10.9 Å². The van der Waals surface area contributed by atoms with Gasteiger partial charge in [0.25, 0.3) is 5.91 Å². The average Bonchev–Trinajstić information content (AvgIpc) is 2.61. The third-order valence-corrected chi connectivity index (χ3v) is 4.02. The van der Waals surface area contributed by atoms with E-state index >= 15 is 0 Å². The first kappa shape index (κ1) is 21.2. The molecular formula is C21H18F3NO5. The number of fused-ring (bicyclic) bond motifs is 1. The molecule has 9 heteroatoms. The van der Waals surface area contributed by atoms with Crippen molar-refractivity contribution in [1.29, 1.82) is 0 Å². The number of benzene rings is 2. The molecule has 0 spiro atoms. The fraction of sp³-hybridized carbons (Fsp3) is 0.238. The Hall–Kier alpha value is -3.49. The summed E-state index contributed by atoms with van der Waals surface area (Å²) in [5, 5.41) is 3.14. The first-order valence-electron chi connectivity index (χ1n) is 8.95. The molecule has 3 aromatic rings. The second kappa shape index (κ2) is 8.10. The molecule has 0 radical (unpaired) electrons. The summed E-state index contributed by atoms with van der Waals surface area (Å²) in [5.41, 5.74) is 0.298.